The molecule has 2 atom stereocenters. The van der Waals surface area contributed by atoms with Gasteiger partial charge in [0, 0.05) is 19.0 Å². The first kappa shape index (κ1) is 7.14. The molecule has 0 aromatic carbocycles. The van der Waals surface area contributed by atoms with Crippen LogP contribution in [0.2, 0.25) is 0 Å². The van der Waals surface area contributed by atoms with Crippen LogP contribution in [0.3, 0.4) is 0 Å². The number of hydrogen-bond acceptors (Lipinski definition) is 1. The quantitative estimate of drug-likeness (QED) is 0.517. The summed E-state index contributed by atoms with van der Waals surface area (Å²) < 4.78 is 0. The number of nitrogens with zero attached hydrogens (tertiary/aromatic N) is 1. The van der Waals surface area contributed by atoms with Crippen molar-refractivity contribution in [2.45, 2.75) is 51.1 Å². The Morgan fingerprint density at radius 3 is 2.09 bits per heavy atom. The Morgan fingerprint density at radius 1 is 1.18 bits per heavy atom. The van der Waals surface area contributed by atoms with Crippen molar-refractivity contribution in [2.24, 2.45) is 0 Å². The molecule has 2 nitrogen and oxygen atoms in total. The van der Waals surface area contributed by atoms with Gasteiger partial charge in [0.05, 0.1) is 0 Å². The lowest BCUT2D eigenvalue weighted by atomic mass is 10.0. The summed E-state index contributed by atoms with van der Waals surface area (Å²) >= 11 is 0. The molecule has 0 spiro atoms. The third kappa shape index (κ3) is 1.05. The van der Waals surface area contributed by atoms with Gasteiger partial charge in [0.1, 0.15) is 0 Å². The van der Waals surface area contributed by atoms with E-state index in [2.05, 4.69) is 4.90 Å². The molecule has 0 N–H and O–H groups in total. The zero-order valence-electron chi connectivity index (χ0n) is 7.05. The fraction of sp³-hybridized carbons (Fsp3) is 0.889. The third-order valence-electron chi connectivity index (χ3n) is 3.06. The minimum absolute atomic E-state index is 0.289. The van der Waals surface area contributed by atoms with Crippen LogP contribution in [0.4, 0.5) is 0 Å². The van der Waals surface area contributed by atoms with Crippen LogP contribution >= 0.6 is 0 Å². The summed E-state index contributed by atoms with van der Waals surface area (Å²) in [7, 11) is 0. The highest BCUT2D eigenvalue weighted by atomic mass is 16.2. The second-order valence-corrected chi connectivity index (χ2v) is 3.74. The predicted octanol–water partition coefficient (Wildman–Crippen LogP) is 1.55. The van der Waals surface area contributed by atoms with Gasteiger partial charge in [-0.25, -0.2) is 0 Å². The van der Waals surface area contributed by atoms with Crippen LogP contribution < -0.4 is 0 Å². The van der Waals surface area contributed by atoms with Crippen molar-refractivity contribution in [2.75, 3.05) is 0 Å². The summed E-state index contributed by atoms with van der Waals surface area (Å²) in [6.45, 7) is 1.70. The van der Waals surface area contributed by atoms with Gasteiger partial charge in [-0.05, 0) is 32.1 Å². The molecule has 0 aliphatic carbocycles. The van der Waals surface area contributed by atoms with Crippen LogP contribution in [0, 0.1) is 0 Å². The molecular weight excluding hydrogens is 138 g/mol. The first-order valence-corrected chi connectivity index (χ1v) is 4.58. The summed E-state index contributed by atoms with van der Waals surface area (Å²) in [5.41, 5.74) is 0. The van der Waals surface area contributed by atoms with Gasteiger partial charge < -0.3 is 4.90 Å². The second-order valence-electron chi connectivity index (χ2n) is 3.74. The summed E-state index contributed by atoms with van der Waals surface area (Å²) in [4.78, 5) is 13.3. The SMILES string of the molecule is CC(=O)N1[C@@H]2CCC[C@H]1CC2. The fourth-order valence-corrected chi connectivity index (χ4v) is 2.63. The van der Waals surface area contributed by atoms with Gasteiger partial charge in [-0.1, -0.05) is 0 Å². The van der Waals surface area contributed by atoms with E-state index in [0.29, 0.717) is 12.1 Å². The highest BCUT2D eigenvalue weighted by Crippen LogP contribution is 2.35. The van der Waals surface area contributed by atoms with E-state index >= 15 is 0 Å². The van der Waals surface area contributed by atoms with Gasteiger partial charge in [0.2, 0.25) is 5.91 Å². The molecule has 0 aromatic rings. The largest absolute Gasteiger partial charge is 0.337 e. The number of fused-ring (bicyclic) bond motifs is 2. The molecular formula is C9H15NO. The second kappa shape index (κ2) is 2.50. The predicted molar refractivity (Wildman–Crippen MR) is 43.2 cm³/mol. The van der Waals surface area contributed by atoms with Gasteiger partial charge in [0.15, 0.2) is 0 Å². The minimum atomic E-state index is 0.289. The molecule has 2 saturated heterocycles. The first-order valence-electron chi connectivity index (χ1n) is 4.58. The average molecular weight is 153 g/mol. The smallest absolute Gasteiger partial charge is 0.219 e. The minimum Gasteiger partial charge on any atom is -0.337 e. The van der Waals surface area contributed by atoms with Crippen molar-refractivity contribution in [3.05, 3.63) is 0 Å². The van der Waals surface area contributed by atoms with E-state index in [9.17, 15) is 4.79 Å². The maximum atomic E-state index is 11.2. The Kier molecular flexibility index (Phi) is 1.63. The average Bonchev–Trinajstić information content (AvgIpc) is 2.23. The van der Waals surface area contributed by atoms with Crippen LogP contribution in [0.5, 0.6) is 0 Å². The van der Waals surface area contributed by atoms with Crippen LogP contribution in [-0.2, 0) is 4.79 Å². The normalized spacial score (nSPS) is 35.9. The van der Waals surface area contributed by atoms with Gasteiger partial charge in [-0.15, -0.1) is 0 Å². The summed E-state index contributed by atoms with van der Waals surface area (Å²) in [6, 6.07) is 1.21. The molecule has 2 fully saturated rings. The summed E-state index contributed by atoms with van der Waals surface area (Å²) in [6.07, 6.45) is 6.33. The van der Waals surface area contributed by atoms with Crippen molar-refractivity contribution in [1.29, 1.82) is 0 Å². The lowest BCUT2D eigenvalue weighted by molar-refractivity contribution is -0.133. The maximum absolute atomic E-state index is 11.2. The monoisotopic (exact) mass is 153 g/mol. The van der Waals surface area contributed by atoms with E-state index in [0.717, 1.165) is 0 Å². The molecule has 2 rings (SSSR count). The molecule has 62 valence electrons. The number of rotatable bonds is 0. The maximum Gasteiger partial charge on any atom is 0.219 e. The van der Waals surface area contributed by atoms with E-state index in [1.165, 1.54) is 32.1 Å². The standard InChI is InChI=1S/C9H15NO/c1-7(11)10-8-3-2-4-9(10)6-5-8/h8-9H,2-6H2,1H3/t8-,9+. The van der Waals surface area contributed by atoms with Crippen molar-refractivity contribution >= 4 is 5.91 Å². The first-order chi connectivity index (χ1) is 5.29. The van der Waals surface area contributed by atoms with Crippen LogP contribution in [-0.4, -0.2) is 22.9 Å². The van der Waals surface area contributed by atoms with Gasteiger partial charge in [-0.2, -0.15) is 0 Å². The topological polar surface area (TPSA) is 20.3 Å². The summed E-state index contributed by atoms with van der Waals surface area (Å²) in [5.74, 6) is 0.289. The highest BCUT2D eigenvalue weighted by molar-refractivity contribution is 5.74. The molecule has 2 heterocycles. The Hall–Kier alpha value is -0.530. The number of piperidine rings is 1. The lowest BCUT2D eigenvalue weighted by Gasteiger charge is -2.33. The number of hydrogen-bond donors (Lipinski definition) is 0. The van der Waals surface area contributed by atoms with Crippen molar-refractivity contribution < 1.29 is 4.79 Å². The molecule has 2 aliphatic heterocycles. The summed E-state index contributed by atoms with van der Waals surface area (Å²) in [5, 5.41) is 0. The number of carbonyl (C=O) groups is 1. The van der Waals surface area contributed by atoms with Crippen molar-refractivity contribution in [3.8, 4) is 0 Å². The van der Waals surface area contributed by atoms with Gasteiger partial charge >= 0.3 is 0 Å². The third-order valence-corrected chi connectivity index (χ3v) is 3.06. The Morgan fingerprint density at radius 2 is 1.73 bits per heavy atom. The Bertz CT molecular complexity index is 162. The van der Waals surface area contributed by atoms with Gasteiger partial charge in [-0.3, -0.25) is 4.79 Å². The molecule has 0 saturated carbocycles. The van der Waals surface area contributed by atoms with Crippen molar-refractivity contribution in [1.82, 2.24) is 4.90 Å². The van der Waals surface area contributed by atoms with E-state index in [1.807, 2.05) is 0 Å². The lowest BCUT2D eigenvalue weighted by Crippen LogP contribution is -2.42. The molecule has 0 radical (unpaired) electrons. The molecule has 11 heavy (non-hydrogen) atoms. The zero-order chi connectivity index (χ0) is 7.84. The molecule has 0 aromatic heterocycles. The van der Waals surface area contributed by atoms with Crippen LogP contribution in [0.25, 0.3) is 0 Å². The number of amides is 1. The molecule has 0 unspecified atom stereocenters. The van der Waals surface area contributed by atoms with Gasteiger partial charge in [0.25, 0.3) is 0 Å². The Labute approximate surface area is 67.6 Å². The zero-order valence-corrected chi connectivity index (χ0v) is 7.05. The molecule has 2 bridgehead atoms. The van der Waals surface area contributed by atoms with Crippen LogP contribution in [0.15, 0.2) is 0 Å². The van der Waals surface area contributed by atoms with E-state index in [1.54, 1.807) is 6.92 Å². The van der Waals surface area contributed by atoms with Crippen LogP contribution in [0.1, 0.15) is 39.0 Å². The van der Waals surface area contributed by atoms with Crippen molar-refractivity contribution in [3.63, 3.8) is 0 Å². The fourth-order valence-electron chi connectivity index (χ4n) is 2.63. The van der Waals surface area contributed by atoms with E-state index < -0.39 is 0 Å². The van der Waals surface area contributed by atoms with E-state index in [4.69, 9.17) is 0 Å². The van der Waals surface area contributed by atoms with E-state index in [-0.39, 0.29) is 5.91 Å². The highest BCUT2D eigenvalue weighted by Gasteiger charge is 2.37. The molecule has 1 amide bonds. The Balaban J connectivity index is 2.15. The number of carbonyl (C=O) groups excluding carboxylic acids is 1. The molecule has 2 heteroatoms. The molecule has 2 aliphatic rings.